The SMILES string of the molecule is C[C@H](N)c1cc2ccc(F)cc2nc1-c1cccs1. The van der Waals surface area contributed by atoms with Crippen molar-refractivity contribution in [3.63, 3.8) is 0 Å². The normalized spacial score (nSPS) is 12.8. The summed E-state index contributed by atoms with van der Waals surface area (Å²) >= 11 is 1.61. The lowest BCUT2D eigenvalue weighted by atomic mass is 10.0. The highest BCUT2D eigenvalue weighted by Gasteiger charge is 2.13. The van der Waals surface area contributed by atoms with E-state index in [-0.39, 0.29) is 11.9 Å². The van der Waals surface area contributed by atoms with Crippen LogP contribution in [-0.2, 0) is 0 Å². The van der Waals surface area contributed by atoms with Gasteiger partial charge in [-0.15, -0.1) is 11.3 Å². The largest absolute Gasteiger partial charge is 0.324 e. The summed E-state index contributed by atoms with van der Waals surface area (Å²) in [7, 11) is 0. The molecule has 0 aliphatic carbocycles. The highest BCUT2D eigenvalue weighted by Crippen LogP contribution is 2.31. The number of benzene rings is 1. The Kier molecular flexibility index (Phi) is 3.05. The van der Waals surface area contributed by atoms with Crippen LogP contribution in [-0.4, -0.2) is 4.98 Å². The van der Waals surface area contributed by atoms with Crippen LogP contribution in [0.2, 0.25) is 0 Å². The second-order valence-corrected chi connectivity index (χ2v) is 5.48. The summed E-state index contributed by atoms with van der Waals surface area (Å²) in [4.78, 5) is 5.64. The monoisotopic (exact) mass is 272 g/mol. The Hall–Kier alpha value is -1.78. The molecule has 0 saturated heterocycles. The summed E-state index contributed by atoms with van der Waals surface area (Å²) in [6, 6.07) is 10.5. The van der Waals surface area contributed by atoms with Crippen molar-refractivity contribution in [3.05, 3.63) is 53.2 Å². The van der Waals surface area contributed by atoms with Gasteiger partial charge in [0.15, 0.2) is 0 Å². The number of thiophene rings is 1. The number of nitrogens with two attached hydrogens (primary N) is 1. The Morgan fingerprint density at radius 2 is 2.11 bits per heavy atom. The summed E-state index contributed by atoms with van der Waals surface area (Å²) in [6.45, 7) is 1.93. The number of nitrogens with zero attached hydrogens (tertiary/aromatic N) is 1. The van der Waals surface area contributed by atoms with Gasteiger partial charge in [0.25, 0.3) is 0 Å². The van der Waals surface area contributed by atoms with Crippen LogP contribution < -0.4 is 5.73 Å². The molecule has 3 rings (SSSR count). The lowest BCUT2D eigenvalue weighted by molar-refractivity contribution is 0.629. The van der Waals surface area contributed by atoms with Crippen molar-refractivity contribution in [2.75, 3.05) is 0 Å². The molecule has 0 bridgehead atoms. The number of fused-ring (bicyclic) bond motifs is 1. The van der Waals surface area contributed by atoms with Crippen molar-refractivity contribution in [2.24, 2.45) is 5.73 Å². The zero-order valence-electron chi connectivity index (χ0n) is 10.4. The van der Waals surface area contributed by atoms with E-state index in [9.17, 15) is 4.39 Å². The summed E-state index contributed by atoms with van der Waals surface area (Å²) in [6.07, 6.45) is 0. The van der Waals surface area contributed by atoms with Crippen molar-refractivity contribution in [1.82, 2.24) is 4.98 Å². The molecule has 0 unspecified atom stereocenters. The summed E-state index contributed by atoms with van der Waals surface area (Å²) in [5.74, 6) is -0.273. The summed E-state index contributed by atoms with van der Waals surface area (Å²) in [5.41, 5.74) is 8.53. The van der Waals surface area contributed by atoms with E-state index in [4.69, 9.17) is 5.73 Å². The van der Waals surface area contributed by atoms with Crippen LogP contribution in [0.25, 0.3) is 21.5 Å². The van der Waals surface area contributed by atoms with Gasteiger partial charge in [-0.1, -0.05) is 6.07 Å². The van der Waals surface area contributed by atoms with Crippen molar-refractivity contribution < 1.29 is 4.39 Å². The van der Waals surface area contributed by atoms with Crippen LogP contribution in [0.5, 0.6) is 0 Å². The molecular formula is C15H13FN2S. The molecule has 0 fully saturated rings. The molecule has 2 N–H and O–H groups in total. The minimum Gasteiger partial charge on any atom is -0.324 e. The average Bonchev–Trinajstić information content (AvgIpc) is 2.90. The molecule has 2 aromatic heterocycles. The van der Waals surface area contributed by atoms with Crippen molar-refractivity contribution in [3.8, 4) is 10.6 Å². The van der Waals surface area contributed by atoms with Crippen molar-refractivity contribution in [2.45, 2.75) is 13.0 Å². The summed E-state index contributed by atoms with van der Waals surface area (Å²) < 4.78 is 13.3. The van der Waals surface area contributed by atoms with Crippen LogP contribution in [0.15, 0.2) is 41.8 Å². The summed E-state index contributed by atoms with van der Waals surface area (Å²) in [5, 5.41) is 2.91. The van der Waals surface area contributed by atoms with Gasteiger partial charge in [0.05, 0.1) is 16.1 Å². The maximum Gasteiger partial charge on any atom is 0.125 e. The smallest absolute Gasteiger partial charge is 0.125 e. The first-order valence-corrected chi connectivity index (χ1v) is 6.93. The molecule has 4 heteroatoms. The molecule has 19 heavy (non-hydrogen) atoms. The van der Waals surface area contributed by atoms with Crippen LogP contribution >= 0.6 is 11.3 Å². The molecular weight excluding hydrogens is 259 g/mol. The van der Waals surface area contributed by atoms with Crippen LogP contribution in [0.1, 0.15) is 18.5 Å². The van der Waals surface area contributed by atoms with Crippen LogP contribution in [0.4, 0.5) is 4.39 Å². The Balaban J connectivity index is 2.31. The van der Waals surface area contributed by atoms with Crippen LogP contribution in [0, 0.1) is 5.82 Å². The third-order valence-electron chi connectivity index (χ3n) is 3.05. The molecule has 2 heterocycles. The zero-order chi connectivity index (χ0) is 13.4. The first kappa shape index (κ1) is 12.3. The molecule has 3 aromatic rings. The number of pyridine rings is 1. The molecule has 2 nitrogen and oxygen atoms in total. The topological polar surface area (TPSA) is 38.9 Å². The van der Waals surface area contributed by atoms with E-state index in [2.05, 4.69) is 4.98 Å². The Bertz CT molecular complexity index is 720. The number of rotatable bonds is 2. The number of hydrogen-bond acceptors (Lipinski definition) is 3. The van der Waals surface area contributed by atoms with E-state index in [1.807, 2.05) is 30.5 Å². The first-order chi connectivity index (χ1) is 9.15. The third-order valence-corrected chi connectivity index (χ3v) is 3.93. The van der Waals surface area contributed by atoms with Gasteiger partial charge in [-0.2, -0.15) is 0 Å². The Labute approximate surface area is 114 Å². The van der Waals surface area contributed by atoms with Crippen molar-refractivity contribution >= 4 is 22.2 Å². The Morgan fingerprint density at radius 3 is 2.79 bits per heavy atom. The standard InChI is InChI=1S/C15H13FN2S/c1-9(17)12-7-10-4-5-11(16)8-13(10)18-15(12)14-3-2-6-19-14/h2-9H,17H2,1H3/t9-/m0/s1. The molecule has 0 saturated carbocycles. The lowest BCUT2D eigenvalue weighted by Crippen LogP contribution is -2.07. The van der Waals surface area contributed by atoms with Gasteiger partial charge in [-0.05, 0) is 42.1 Å². The lowest BCUT2D eigenvalue weighted by Gasteiger charge is -2.12. The number of aromatic nitrogens is 1. The molecule has 0 aliphatic rings. The Morgan fingerprint density at radius 1 is 1.26 bits per heavy atom. The highest BCUT2D eigenvalue weighted by molar-refractivity contribution is 7.13. The fraction of sp³-hybridized carbons (Fsp3) is 0.133. The molecule has 0 spiro atoms. The van der Waals surface area contributed by atoms with Gasteiger partial charge >= 0.3 is 0 Å². The van der Waals surface area contributed by atoms with Gasteiger partial charge in [0.1, 0.15) is 5.82 Å². The molecule has 0 aliphatic heterocycles. The maximum atomic E-state index is 13.3. The minimum atomic E-state index is -0.273. The van der Waals surface area contributed by atoms with Gasteiger partial charge in [-0.3, -0.25) is 0 Å². The van der Waals surface area contributed by atoms with Gasteiger partial charge in [0, 0.05) is 17.5 Å². The highest BCUT2D eigenvalue weighted by atomic mass is 32.1. The second-order valence-electron chi connectivity index (χ2n) is 4.53. The molecule has 1 atom stereocenters. The second kappa shape index (κ2) is 4.72. The van der Waals surface area contributed by atoms with Crippen LogP contribution in [0.3, 0.4) is 0 Å². The first-order valence-electron chi connectivity index (χ1n) is 6.05. The number of hydrogen-bond donors (Lipinski definition) is 1. The maximum absolute atomic E-state index is 13.3. The van der Waals surface area contributed by atoms with Gasteiger partial charge < -0.3 is 5.73 Å². The van der Waals surface area contributed by atoms with E-state index in [0.29, 0.717) is 5.52 Å². The van der Waals surface area contributed by atoms with E-state index in [1.165, 1.54) is 12.1 Å². The number of halogens is 1. The zero-order valence-corrected chi connectivity index (χ0v) is 11.2. The fourth-order valence-corrected chi connectivity index (χ4v) is 2.85. The predicted octanol–water partition coefficient (Wildman–Crippen LogP) is 4.12. The van der Waals surface area contributed by atoms with E-state index < -0.39 is 0 Å². The predicted molar refractivity (Wildman–Crippen MR) is 77.6 cm³/mol. The fourth-order valence-electron chi connectivity index (χ4n) is 2.11. The van der Waals surface area contributed by atoms with Gasteiger partial charge in [0.2, 0.25) is 0 Å². The average molecular weight is 272 g/mol. The molecule has 0 amide bonds. The van der Waals surface area contributed by atoms with Crippen molar-refractivity contribution in [1.29, 1.82) is 0 Å². The van der Waals surface area contributed by atoms with E-state index in [0.717, 1.165) is 21.5 Å². The van der Waals surface area contributed by atoms with Gasteiger partial charge in [-0.25, -0.2) is 9.37 Å². The quantitative estimate of drug-likeness (QED) is 0.762. The van der Waals surface area contributed by atoms with E-state index in [1.54, 1.807) is 17.4 Å². The molecule has 1 aromatic carbocycles. The third kappa shape index (κ3) is 2.25. The van der Waals surface area contributed by atoms with E-state index >= 15 is 0 Å². The minimum absolute atomic E-state index is 0.112. The molecule has 96 valence electrons. The molecule has 0 radical (unpaired) electrons.